The lowest BCUT2D eigenvalue weighted by Gasteiger charge is -2.14. The van der Waals surface area contributed by atoms with Gasteiger partial charge >= 0.3 is 5.97 Å². The first-order valence-corrected chi connectivity index (χ1v) is 5.82. The van der Waals surface area contributed by atoms with Gasteiger partial charge in [0.1, 0.15) is 11.5 Å². The van der Waals surface area contributed by atoms with Crippen LogP contribution in [0.3, 0.4) is 0 Å². The number of fused-ring (bicyclic) bond motifs is 1. The van der Waals surface area contributed by atoms with E-state index in [0.717, 1.165) is 0 Å². The first-order chi connectivity index (χ1) is 9.05. The molecule has 0 radical (unpaired) electrons. The van der Waals surface area contributed by atoms with Crippen molar-refractivity contribution in [3.8, 4) is 11.5 Å². The maximum Gasteiger partial charge on any atom is 0.307 e. The minimum absolute atomic E-state index is 0.0461. The number of hydrogen-bond donors (Lipinski definition) is 2. The zero-order chi connectivity index (χ0) is 14.0. The van der Waals surface area contributed by atoms with Crippen LogP contribution in [-0.4, -0.2) is 31.2 Å². The summed E-state index contributed by atoms with van der Waals surface area (Å²) >= 11 is 0. The van der Waals surface area contributed by atoms with Gasteiger partial charge in [0, 0.05) is 12.5 Å². The van der Waals surface area contributed by atoms with Gasteiger partial charge in [0.15, 0.2) is 0 Å². The molecule has 0 saturated carbocycles. The van der Waals surface area contributed by atoms with Crippen LogP contribution in [0.5, 0.6) is 11.5 Å². The summed E-state index contributed by atoms with van der Waals surface area (Å²) < 4.78 is 10.4. The second-order valence-electron chi connectivity index (χ2n) is 4.36. The van der Waals surface area contributed by atoms with Crippen LogP contribution < -0.4 is 14.8 Å². The molecule has 2 N–H and O–H groups in total. The second-order valence-corrected chi connectivity index (χ2v) is 4.36. The normalized spacial score (nSPS) is 18.0. The molecule has 1 atom stereocenters. The number of carboxylic acid groups (broad SMARTS) is 1. The largest absolute Gasteiger partial charge is 0.497 e. The number of benzene rings is 1. The SMILES string of the molecule is COc1cc2c(c(OC)c1)NC(=O)CC(C(=O)O)C2. The summed E-state index contributed by atoms with van der Waals surface area (Å²) in [6.45, 7) is 0. The van der Waals surface area contributed by atoms with Crippen molar-refractivity contribution in [2.45, 2.75) is 12.8 Å². The van der Waals surface area contributed by atoms with Crippen LogP contribution in [0.2, 0.25) is 0 Å². The highest BCUT2D eigenvalue weighted by Gasteiger charge is 2.28. The number of methoxy groups -OCH3 is 2. The molecular formula is C13H15NO5. The molecule has 0 fully saturated rings. The van der Waals surface area contributed by atoms with E-state index in [4.69, 9.17) is 14.6 Å². The number of ether oxygens (including phenoxy) is 2. The van der Waals surface area contributed by atoms with E-state index in [-0.39, 0.29) is 18.7 Å². The number of rotatable bonds is 3. The zero-order valence-electron chi connectivity index (χ0n) is 10.7. The second kappa shape index (κ2) is 5.17. The fourth-order valence-corrected chi connectivity index (χ4v) is 2.15. The van der Waals surface area contributed by atoms with Crippen LogP contribution in [0.1, 0.15) is 12.0 Å². The van der Waals surface area contributed by atoms with Crippen molar-refractivity contribution in [1.82, 2.24) is 0 Å². The Labute approximate surface area is 110 Å². The van der Waals surface area contributed by atoms with E-state index < -0.39 is 11.9 Å². The summed E-state index contributed by atoms with van der Waals surface area (Å²) in [5, 5.41) is 11.8. The van der Waals surface area contributed by atoms with Gasteiger partial charge in [-0.05, 0) is 18.1 Å². The van der Waals surface area contributed by atoms with E-state index in [2.05, 4.69) is 5.32 Å². The summed E-state index contributed by atoms with van der Waals surface area (Å²) in [6, 6.07) is 3.37. The maximum atomic E-state index is 11.7. The lowest BCUT2D eigenvalue weighted by molar-refractivity contribution is -0.143. The Hall–Kier alpha value is -2.24. The number of nitrogens with one attached hydrogen (secondary N) is 1. The van der Waals surface area contributed by atoms with Crippen molar-refractivity contribution in [2.75, 3.05) is 19.5 Å². The van der Waals surface area contributed by atoms with Crippen molar-refractivity contribution in [3.63, 3.8) is 0 Å². The van der Waals surface area contributed by atoms with Crippen LogP contribution in [0, 0.1) is 5.92 Å². The topological polar surface area (TPSA) is 84.9 Å². The highest BCUT2D eigenvalue weighted by Crippen LogP contribution is 2.37. The number of carbonyl (C=O) groups is 2. The average molecular weight is 265 g/mol. The van der Waals surface area contributed by atoms with Gasteiger partial charge in [0.25, 0.3) is 0 Å². The summed E-state index contributed by atoms with van der Waals surface area (Å²) in [6.07, 6.45) is 0.215. The van der Waals surface area contributed by atoms with Gasteiger partial charge in [-0.2, -0.15) is 0 Å². The monoisotopic (exact) mass is 265 g/mol. The smallest absolute Gasteiger partial charge is 0.307 e. The molecule has 1 aromatic rings. The molecule has 1 aromatic carbocycles. The molecule has 0 aromatic heterocycles. The van der Waals surface area contributed by atoms with Crippen molar-refractivity contribution < 1.29 is 24.2 Å². The Balaban J connectivity index is 2.50. The zero-order valence-corrected chi connectivity index (χ0v) is 10.7. The fourth-order valence-electron chi connectivity index (χ4n) is 2.15. The maximum absolute atomic E-state index is 11.7. The molecule has 2 rings (SSSR count). The van der Waals surface area contributed by atoms with Crippen LogP contribution >= 0.6 is 0 Å². The minimum Gasteiger partial charge on any atom is -0.497 e. The lowest BCUT2D eigenvalue weighted by Crippen LogP contribution is -2.20. The van der Waals surface area contributed by atoms with E-state index >= 15 is 0 Å². The van der Waals surface area contributed by atoms with Crippen LogP contribution in [0.25, 0.3) is 0 Å². The molecule has 102 valence electrons. The molecule has 0 aliphatic carbocycles. The molecule has 6 nitrogen and oxygen atoms in total. The van der Waals surface area contributed by atoms with Gasteiger partial charge in [-0.3, -0.25) is 9.59 Å². The molecule has 1 unspecified atom stereocenters. The third kappa shape index (κ3) is 2.62. The molecule has 19 heavy (non-hydrogen) atoms. The van der Waals surface area contributed by atoms with Gasteiger partial charge in [-0.15, -0.1) is 0 Å². The van der Waals surface area contributed by atoms with E-state index in [1.807, 2.05) is 0 Å². The van der Waals surface area contributed by atoms with E-state index in [0.29, 0.717) is 22.7 Å². The number of aliphatic carboxylic acids is 1. The standard InChI is InChI=1S/C13H15NO5/c1-18-9-4-7-3-8(13(16)17)5-11(15)14-12(7)10(6-9)19-2/h4,6,8H,3,5H2,1-2H3,(H,14,15)(H,16,17). The summed E-state index contributed by atoms with van der Waals surface area (Å²) in [4.78, 5) is 22.9. The summed E-state index contributed by atoms with van der Waals surface area (Å²) in [5.74, 6) is -1.01. The van der Waals surface area contributed by atoms with Crippen molar-refractivity contribution in [1.29, 1.82) is 0 Å². The van der Waals surface area contributed by atoms with Crippen LogP contribution in [-0.2, 0) is 16.0 Å². The molecule has 1 amide bonds. The molecule has 6 heteroatoms. The molecule has 1 aliphatic heterocycles. The minimum atomic E-state index is -0.982. The lowest BCUT2D eigenvalue weighted by atomic mass is 9.96. The number of carboxylic acids is 1. The number of carbonyl (C=O) groups excluding carboxylic acids is 1. The number of hydrogen-bond acceptors (Lipinski definition) is 4. The van der Waals surface area contributed by atoms with Gasteiger partial charge in [-0.1, -0.05) is 0 Å². The Kier molecular flexibility index (Phi) is 3.59. The van der Waals surface area contributed by atoms with Gasteiger partial charge in [0.2, 0.25) is 5.91 Å². The van der Waals surface area contributed by atoms with E-state index in [1.54, 1.807) is 12.1 Å². The predicted octanol–water partition coefficient (Wildman–Crippen LogP) is 1.29. The Bertz CT molecular complexity index is 526. The Morgan fingerprint density at radius 3 is 2.63 bits per heavy atom. The summed E-state index contributed by atoms with van der Waals surface area (Å²) in [5.41, 5.74) is 1.23. The predicted molar refractivity (Wildman–Crippen MR) is 67.6 cm³/mol. The molecule has 1 heterocycles. The third-order valence-corrected chi connectivity index (χ3v) is 3.12. The van der Waals surface area contributed by atoms with E-state index in [9.17, 15) is 9.59 Å². The van der Waals surface area contributed by atoms with Gasteiger partial charge < -0.3 is 19.9 Å². The highest BCUT2D eigenvalue weighted by molar-refractivity contribution is 5.96. The van der Waals surface area contributed by atoms with Crippen molar-refractivity contribution >= 4 is 17.6 Å². The quantitative estimate of drug-likeness (QED) is 0.860. The van der Waals surface area contributed by atoms with Crippen molar-refractivity contribution in [3.05, 3.63) is 17.7 Å². The first-order valence-electron chi connectivity index (χ1n) is 5.82. The Morgan fingerprint density at radius 2 is 2.05 bits per heavy atom. The first kappa shape index (κ1) is 13.2. The third-order valence-electron chi connectivity index (χ3n) is 3.12. The summed E-state index contributed by atoms with van der Waals surface area (Å²) in [7, 11) is 3.01. The fraction of sp³-hybridized carbons (Fsp3) is 0.385. The molecule has 0 bridgehead atoms. The van der Waals surface area contributed by atoms with Crippen LogP contribution in [0.4, 0.5) is 5.69 Å². The number of anilines is 1. The number of amides is 1. The van der Waals surface area contributed by atoms with Crippen molar-refractivity contribution in [2.24, 2.45) is 5.92 Å². The molecule has 0 spiro atoms. The van der Waals surface area contributed by atoms with Gasteiger partial charge in [0.05, 0.1) is 25.8 Å². The molecule has 1 aliphatic rings. The van der Waals surface area contributed by atoms with E-state index in [1.165, 1.54) is 14.2 Å². The Morgan fingerprint density at radius 1 is 1.32 bits per heavy atom. The average Bonchev–Trinajstić information content (AvgIpc) is 2.55. The molecule has 0 saturated heterocycles. The molecular weight excluding hydrogens is 250 g/mol. The van der Waals surface area contributed by atoms with Crippen LogP contribution in [0.15, 0.2) is 12.1 Å². The highest BCUT2D eigenvalue weighted by atomic mass is 16.5. The van der Waals surface area contributed by atoms with Gasteiger partial charge in [-0.25, -0.2) is 0 Å².